The van der Waals surface area contributed by atoms with Crippen LogP contribution in [0.4, 0.5) is 0 Å². The van der Waals surface area contributed by atoms with E-state index in [4.69, 9.17) is 10.5 Å². The van der Waals surface area contributed by atoms with E-state index in [1.807, 2.05) is 20.8 Å². The van der Waals surface area contributed by atoms with Crippen molar-refractivity contribution in [1.82, 2.24) is 9.97 Å². The van der Waals surface area contributed by atoms with Gasteiger partial charge in [0.05, 0.1) is 18.8 Å². The average Bonchev–Trinajstić information content (AvgIpc) is 2.03. The Morgan fingerprint density at radius 2 is 2.08 bits per heavy atom. The lowest BCUT2D eigenvalue weighted by molar-refractivity contribution is 0.385. The quantitative estimate of drug-likeness (QED) is 0.739. The molecule has 0 spiro atoms. The zero-order valence-corrected chi connectivity index (χ0v) is 8.46. The summed E-state index contributed by atoms with van der Waals surface area (Å²) in [7, 11) is 1.59. The van der Waals surface area contributed by atoms with Gasteiger partial charge in [0, 0.05) is 0 Å². The van der Waals surface area contributed by atoms with E-state index in [0.29, 0.717) is 11.6 Å². The maximum Gasteiger partial charge on any atom is 0.160 e. The minimum absolute atomic E-state index is 0.501. The van der Waals surface area contributed by atoms with Crippen LogP contribution in [-0.2, 0) is 5.54 Å². The van der Waals surface area contributed by atoms with Crippen molar-refractivity contribution in [3.8, 4) is 5.75 Å². The van der Waals surface area contributed by atoms with Gasteiger partial charge < -0.3 is 10.5 Å². The van der Waals surface area contributed by atoms with Gasteiger partial charge in [0.1, 0.15) is 11.5 Å². The van der Waals surface area contributed by atoms with Crippen molar-refractivity contribution in [1.29, 1.82) is 0 Å². The third-order valence-corrected chi connectivity index (χ3v) is 1.71. The van der Waals surface area contributed by atoms with Crippen LogP contribution in [-0.4, -0.2) is 17.1 Å². The van der Waals surface area contributed by atoms with Crippen LogP contribution in [0, 0.1) is 6.92 Å². The number of aryl methyl sites for hydroxylation is 1. The summed E-state index contributed by atoms with van der Waals surface area (Å²) in [6.45, 7) is 5.60. The molecule has 1 aromatic heterocycles. The lowest BCUT2D eigenvalue weighted by Crippen LogP contribution is -2.31. The summed E-state index contributed by atoms with van der Waals surface area (Å²) in [6.07, 6.45) is 1.65. The zero-order chi connectivity index (χ0) is 10.1. The fraction of sp³-hybridized carbons (Fsp3) is 0.556. The van der Waals surface area contributed by atoms with Crippen molar-refractivity contribution in [2.24, 2.45) is 5.73 Å². The molecular weight excluding hydrogens is 166 g/mol. The first-order chi connectivity index (χ1) is 5.95. The van der Waals surface area contributed by atoms with Gasteiger partial charge in [0.25, 0.3) is 0 Å². The molecule has 0 saturated heterocycles. The van der Waals surface area contributed by atoms with E-state index < -0.39 is 5.54 Å². The van der Waals surface area contributed by atoms with Gasteiger partial charge in [-0.1, -0.05) is 0 Å². The molecule has 4 heteroatoms. The van der Waals surface area contributed by atoms with E-state index >= 15 is 0 Å². The Labute approximate surface area is 78.1 Å². The predicted octanol–water partition coefficient (Wildman–Crippen LogP) is 0.987. The molecule has 0 bridgehead atoms. The van der Waals surface area contributed by atoms with Gasteiger partial charge in [-0.3, -0.25) is 0 Å². The third kappa shape index (κ3) is 2.15. The van der Waals surface area contributed by atoms with Gasteiger partial charge >= 0.3 is 0 Å². The molecule has 2 N–H and O–H groups in total. The van der Waals surface area contributed by atoms with Crippen LogP contribution >= 0.6 is 0 Å². The maximum atomic E-state index is 5.93. The van der Waals surface area contributed by atoms with Gasteiger partial charge in [0.15, 0.2) is 5.75 Å². The minimum atomic E-state index is -0.501. The van der Waals surface area contributed by atoms with Gasteiger partial charge in [-0.05, 0) is 20.8 Å². The standard InChI is InChI=1S/C9H15N3O/c1-6-11-5-7(13-4)8(12-6)9(2,3)10/h5H,10H2,1-4H3. The molecule has 0 amide bonds. The molecule has 0 unspecified atom stereocenters. The number of hydrogen-bond acceptors (Lipinski definition) is 4. The van der Waals surface area contributed by atoms with Crippen LogP contribution in [0.1, 0.15) is 25.4 Å². The fourth-order valence-electron chi connectivity index (χ4n) is 1.07. The van der Waals surface area contributed by atoms with Crippen LogP contribution in [0.5, 0.6) is 5.75 Å². The van der Waals surface area contributed by atoms with Gasteiger partial charge in [-0.2, -0.15) is 0 Å². The van der Waals surface area contributed by atoms with Crippen molar-refractivity contribution in [2.45, 2.75) is 26.3 Å². The maximum absolute atomic E-state index is 5.93. The SMILES string of the molecule is COc1cnc(C)nc1C(C)(C)N. The van der Waals surface area contributed by atoms with E-state index in [0.717, 1.165) is 5.69 Å². The molecule has 0 aromatic carbocycles. The number of nitrogens with zero attached hydrogens (tertiary/aromatic N) is 2. The second kappa shape index (κ2) is 3.30. The van der Waals surface area contributed by atoms with Crippen molar-refractivity contribution in [2.75, 3.05) is 7.11 Å². The highest BCUT2D eigenvalue weighted by atomic mass is 16.5. The smallest absolute Gasteiger partial charge is 0.160 e. The number of ether oxygens (including phenoxy) is 1. The van der Waals surface area contributed by atoms with Crippen LogP contribution in [0.3, 0.4) is 0 Å². The molecule has 1 aromatic rings. The summed E-state index contributed by atoms with van der Waals surface area (Å²) >= 11 is 0. The summed E-state index contributed by atoms with van der Waals surface area (Å²) in [6, 6.07) is 0. The Morgan fingerprint density at radius 3 is 2.54 bits per heavy atom. The van der Waals surface area contributed by atoms with Crippen molar-refractivity contribution >= 4 is 0 Å². The highest BCUT2D eigenvalue weighted by Gasteiger charge is 2.21. The molecule has 0 aliphatic heterocycles. The first-order valence-electron chi connectivity index (χ1n) is 4.12. The second-order valence-electron chi connectivity index (χ2n) is 3.56. The number of rotatable bonds is 2. The Kier molecular flexibility index (Phi) is 2.52. The van der Waals surface area contributed by atoms with Crippen LogP contribution in [0.25, 0.3) is 0 Å². The molecule has 0 fully saturated rings. The highest BCUT2D eigenvalue weighted by Crippen LogP contribution is 2.24. The van der Waals surface area contributed by atoms with E-state index in [1.165, 1.54) is 0 Å². The summed E-state index contributed by atoms with van der Waals surface area (Å²) in [5.41, 5.74) is 6.17. The highest BCUT2D eigenvalue weighted by molar-refractivity contribution is 5.29. The van der Waals surface area contributed by atoms with Crippen LogP contribution in [0.15, 0.2) is 6.20 Å². The monoisotopic (exact) mass is 181 g/mol. The normalized spacial score (nSPS) is 11.5. The molecule has 13 heavy (non-hydrogen) atoms. The summed E-state index contributed by atoms with van der Waals surface area (Å²) in [5.74, 6) is 1.34. The lowest BCUT2D eigenvalue weighted by Gasteiger charge is -2.20. The fourth-order valence-corrected chi connectivity index (χ4v) is 1.07. The van der Waals surface area contributed by atoms with Crippen molar-refractivity contribution in [3.63, 3.8) is 0 Å². The molecule has 0 radical (unpaired) electrons. The molecule has 4 nitrogen and oxygen atoms in total. The summed E-state index contributed by atoms with van der Waals surface area (Å²) in [5, 5.41) is 0. The largest absolute Gasteiger partial charge is 0.493 e. The molecule has 0 aliphatic rings. The van der Waals surface area contributed by atoms with Gasteiger partial charge in [-0.15, -0.1) is 0 Å². The topological polar surface area (TPSA) is 61.0 Å². The van der Waals surface area contributed by atoms with E-state index in [9.17, 15) is 0 Å². The molecule has 0 aliphatic carbocycles. The Morgan fingerprint density at radius 1 is 1.46 bits per heavy atom. The zero-order valence-electron chi connectivity index (χ0n) is 8.46. The van der Waals surface area contributed by atoms with Crippen LogP contribution in [0.2, 0.25) is 0 Å². The second-order valence-corrected chi connectivity index (χ2v) is 3.56. The average molecular weight is 181 g/mol. The van der Waals surface area contributed by atoms with Crippen molar-refractivity contribution < 1.29 is 4.74 Å². The molecule has 1 heterocycles. The first-order valence-corrected chi connectivity index (χ1v) is 4.12. The first kappa shape index (κ1) is 9.92. The van der Waals surface area contributed by atoms with E-state index in [1.54, 1.807) is 13.3 Å². The predicted molar refractivity (Wildman–Crippen MR) is 50.5 cm³/mol. The molecule has 0 saturated carbocycles. The number of hydrogen-bond donors (Lipinski definition) is 1. The Balaban J connectivity index is 3.24. The number of nitrogens with two attached hydrogens (primary N) is 1. The number of methoxy groups -OCH3 is 1. The van der Waals surface area contributed by atoms with Crippen LogP contribution < -0.4 is 10.5 Å². The third-order valence-electron chi connectivity index (χ3n) is 1.71. The summed E-state index contributed by atoms with van der Waals surface area (Å²) < 4.78 is 5.12. The Bertz CT molecular complexity index is 304. The molecule has 1 rings (SSSR count). The molecule has 72 valence electrons. The molecular formula is C9H15N3O. The molecule has 0 atom stereocenters. The summed E-state index contributed by atoms with van der Waals surface area (Å²) in [4.78, 5) is 8.29. The van der Waals surface area contributed by atoms with Gasteiger partial charge in [0.2, 0.25) is 0 Å². The van der Waals surface area contributed by atoms with Crippen molar-refractivity contribution in [3.05, 3.63) is 17.7 Å². The Hall–Kier alpha value is -1.16. The minimum Gasteiger partial charge on any atom is -0.493 e. The lowest BCUT2D eigenvalue weighted by atomic mass is 10.0. The van der Waals surface area contributed by atoms with E-state index in [-0.39, 0.29) is 0 Å². The number of aromatic nitrogens is 2. The van der Waals surface area contributed by atoms with Gasteiger partial charge in [-0.25, -0.2) is 9.97 Å². The van der Waals surface area contributed by atoms with E-state index in [2.05, 4.69) is 9.97 Å².